The van der Waals surface area contributed by atoms with Crippen LogP contribution in [0.15, 0.2) is 64.2 Å². The number of benzene rings is 2. The molecule has 0 atom stereocenters. The number of thioether (sulfide) groups is 1. The van der Waals surface area contributed by atoms with E-state index in [0.29, 0.717) is 17.9 Å². The molecule has 2 heterocycles. The van der Waals surface area contributed by atoms with Crippen LogP contribution in [0, 0.1) is 0 Å². The fourth-order valence-electron chi connectivity index (χ4n) is 3.02. The lowest BCUT2D eigenvalue weighted by molar-refractivity contribution is 0.0491. The zero-order valence-corrected chi connectivity index (χ0v) is 16.4. The average Bonchev–Trinajstić information content (AvgIpc) is 3.28. The monoisotopic (exact) mass is 393 g/mol. The Morgan fingerprint density at radius 2 is 1.86 bits per heavy atom. The molecule has 0 aliphatic carbocycles. The Morgan fingerprint density at radius 1 is 1.11 bits per heavy atom. The van der Waals surface area contributed by atoms with Crippen molar-refractivity contribution in [2.75, 3.05) is 6.61 Å². The predicted octanol–water partition coefficient (Wildman–Crippen LogP) is 4.70. The van der Waals surface area contributed by atoms with Gasteiger partial charge in [-0.2, -0.15) is 0 Å². The van der Waals surface area contributed by atoms with Gasteiger partial charge in [0.25, 0.3) is 0 Å². The van der Waals surface area contributed by atoms with E-state index in [1.54, 1.807) is 6.92 Å². The minimum Gasteiger partial charge on any atom is -0.460 e. The molecule has 0 N–H and O–H groups in total. The van der Waals surface area contributed by atoms with Crippen LogP contribution in [0.5, 0.6) is 0 Å². The van der Waals surface area contributed by atoms with E-state index in [2.05, 4.69) is 10.2 Å². The first-order chi connectivity index (χ1) is 13.7. The van der Waals surface area contributed by atoms with Crippen molar-refractivity contribution >= 4 is 28.7 Å². The summed E-state index contributed by atoms with van der Waals surface area (Å²) in [5.41, 5.74) is 2.48. The molecule has 4 rings (SSSR count). The van der Waals surface area contributed by atoms with E-state index in [4.69, 9.17) is 9.15 Å². The summed E-state index contributed by atoms with van der Waals surface area (Å²) in [5.74, 6) is 1.12. The van der Waals surface area contributed by atoms with E-state index in [0.717, 1.165) is 27.5 Å². The summed E-state index contributed by atoms with van der Waals surface area (Å²) in [6, 6.07) is 17.5. The minimum absolute atomic E-state index is 0.251. The van der Waals surface area contributed by atoms with Gasteiger partial charge < -0.3 is 13.7 Å². The van der Waals surface area contributed by atoms with Crippen molar-refractivity contribution in [3.63, 3.8) is 0 Å². The molecule has 28 heavy (non-hydrogen) atoms. The Kier molecular flexibility index (Phi) is 5.16. The Labute approximate surface area is 166 Å². The van der Waals surface area contributed by atoms with Crippen LogP contribution in [-0.2, 0) is 17.5 Å². The zero-order chi connectivity index (χ0) is 19.5. The van der Waals surface area contributed by atoms with Gasteiger partial charge in [-0.25, -0.2) is 4.79 Å². The molecule has 0 aliphatic rings. The quantitative estimate of drug-likeness (QED) is 0.349. The highest BCUT2D eigenvalue weighted by atomic mass is 32.2. The third-order valence-electron chi connectivity index (χ3n) is 4.37. The summed E-state index contributed by atoms with van der Waals surface area (Å²) in [4.78, 5) is 12.3. The highest BCUT2D eigenvalue weighted by Gasteiger charge is 2.22. The maximum atomic E-state index is 12.3. The summed E-state index contributed by atoms with van der Waals surface area (Å²) < 4.78 is 12.9. The van der Waals surface area contributed by atoms with Gasteiger partial charge in [0.2, 0.25) is 5.76 Å². The molecule has 0 fully saturated rings. The molecule has 0 amide bonds. The fraction of sp³-hybridized carbons (Fsp3) is 0.190. The molecule has 142 valence electrons. The third kappa shape index (κ3) is 3.41. The molecule has 0 spiro atoms. The molecule has 0 bridgehead atoms. The van der Waals surface area contributed by atoms with Gasteiger partial charge in [0.15, 0.2) is 11.0 Å². The number of para-hydroxylation sites is 1. The zero-order valence-electron chi connectivity index (χ0n) is 15.6. The van der Waals surface area contributed by atoms with Crippen LogP contribution in [0.1, 0.15) is 23.0 Å². The van der Waals surface area contributed by atoms with Crippen molar-refractivity contribution in [2.45, 2.75) is 17.8 Å². The molecule has 0 aliphatic heterocycles. The van der Waals surface area contributed by atoms with Crippen LogP contribution in [0.3, 0.4) is 0 Å². The molecule has 0 saturated heterocycles. The summed E-state index contributed by atoms with van der Waals surface area (Å²) in [6.45, 7) is 2.08. The highest BCUT2D eigenvalue weighted by molar-refractivity contribution is 7.98. The van der Waals surface area contributed by atoms with E-state index in [1.807, 2.05) is 66.2 Å². The molecule has 0 unspecified atom stereocenters. The average molecular weight is 393 g/mol. The molecule has 4 aromatic rings. The topological polar surface area (TPSA) is 70.2 Å². The number of hydrogen-bond donors (Lipinski definition) is 0. The van der Waals surface area contributed by atoms with Gasteiger partial charge >= 0.3 is 5.97 Å². The highest BCUT2D eigenvalue weighted by Crippen LogP contribution is 2.32. The Balaban J connectivity index is 1.64. The van der Waals surface area contributed by atoms with Gasteiger partial charge in [-0.1, -0.05) is 60.3 Å². The maximum absolute atomic E-state index is 12.3. The Hall–Kier alpha value is -3.06. The van der Waals surface area contributed by atoms with Crippen LogP contribution in [-0.4, -0.2) is 27.3 Å². The first-order valence-electron chi connectivity index (χ1n) is 8.94. The largest absolute Gasteiger partial charge is 0.460 e. The van der Waals surface area contributed by atoms with Crippen molar-refractivity contribution in [3.8, 4) is 11.4 Å². The second kappa shape index (κ2) is 7.90. The normalized spacial score (nSPS) is 11.1. The smallest absolute Gasteiger partial charge is 0.374 e. The summed E-state index contributed by atoms with van der Waals surface area (Å²) >= 11 is 1.51. The van der Waals surface area contributed by atoms with Crippen LogP contribution in [0.4, 0.5) is 0 Å². The standard InChI is InChI=1S/C21H19N3O3S/c1-3-26-20(25)18-16(15-11-7-8-12-17(15)27-18)13-28-21-23-22-19(24(21)2)14-9-5-4-6-10-14/h4-12H,3,13H2,1-2H3. The Bertz CT molecular complexity index is 1120. The summed E-state index contributed by atoms with van der Waals surface area (Å²) in [6.07, 6.45) is 0. The SMILES string of the molecule is CCOC(=O)c1oc2ccccc2c1CSc1nnc(-c2ccccc2)n1C. The lowest BCUT2D eigenvalue weighted by Gasteiger charge is -2.05. The van der Waals surface area contributed by atoms with Crippen LogP contribution < -0.4 is 0 Å². The van der Waals surface area contributed by atoms with Gasteiger partial charge in [-0.05, 0) is 13.0 Å². The van der Waals surface area contributed by atoms with Crippen molar-refractivity contribution in [1.82, 2.24) is 14.8 Å². The summed E-state index contributed by atoms with van der Waals surface area (Å²) in [7, 11) is 1.93. The minimum atomic E-state index is -0.447. The van der Waals surface area contributed by atoms with Crippen molar-refractivity contribution in [2.24, 2.45) is 7.05 Å². The van der Waals surface area contributed by atoms with Crippen molar-refractivity contribution in [1.29, 1.82) is 0 Å². The van der Waals surface area contributed by atoms with E-state index < -0.39 is 5.97 Å². The fourth-order valence-corrected chi connectivity index (χ4v) is 3.96. The number of ether oxygens (including phenoxy) is 1. The number of fused-ring (bicyclic) bond motifs is 1. The predicted molar refractivity (Wildman–Crippen MR) is 108 cm³/mol. The molecular formula is C21H19N3O3S. The molecular weight excluding hydrogens is 374 g/mol. The number of furan rings is 1. The lowest BCUT2D eigenvalue weighted by atomic mass is 10.1. The van der Waals surface area contributed by atoms with E-state index in [9.17, 15) is 4.79 Å². The molecule has 0 saturated carbocycles. The van der Waals surface area contributed by atoms with Crippen LogP contribution in [0.2, 0.25) is 0 Å². The summed E-state index contributed by atoms with van der Waals surface area (Å²) in [5, 5.41) is 10.3. The molecule has 6 nitrogen and oxygen atoms in total. The number of hydrogen-bond acceptors (Lipinski definition) is 6. The second-order valence-corrected chi connectivity index (χ2v) is 7.09. The van der Waals surface area contributed by atoms with Gasteiger partial charge in [-0.3, -0.25) is 0 Å². The van der Waals surface area contributed by atoms with Gasteiger partial charge in [0.1, 0.15) is 5.58 Å². The van der Waals surface area contributed by atoms with E-state index in [1.165, 1.54) is 11.8 Å². The first kappa shape index (κ1) is 18.3. The second-order valence-electron chi connectivity index (χ2n) is 6.15. The number of nitrogens with zero attached hydrogens (tertiary/aromatic N) is 3. The Morgan fingerprint density at radius 3 is 2.64 bits per heavy atom. The van der Waals surface area contributed by atoms with Gasteiger partial charge in [0, 0.05) is 29.3 Å². The van der Waals surface area contributed by atoms with Crippen molar-refractivity contribution in [3.05, 3.63) is 65.9 Å². The van der Waals surface area contributed by atoms with Gasteiger partial charge in [0.05, 0.1) is 6.61 Å². The number of esters is 1. The lowest BCUT2D eigenvalue weighted by Crippen LogP contribution is -2.06. The maximum Gasteiger partial charge on any atom is 0.374 e. The molecule has 2 aromatic heterocycles. The molecule has 0 radical (unpaired) electrons. The number of rotatable bonds is 6. The van der Waals surface area contributed by atoms with Crippen molar-refractivity contribution < 1.29 is 13.9 Å². The first-order valence-corrected chi connectivity index (χ1v) is 9.92. The molecule has 7 heteroatoms. The van der Waals surface area contributed by atoms with Crippen LogP contribution in [0.25, 0.3) is 22.4 Å². The van der Waals surface area contributed by atoms with E-state index in [-0.39, 0.29) is 5.76 Å². The van der Waals surface area contributed by atoms with Gasteiger partial charge in [-0.15, -0.1) is 10.2 Å². The number of carbonyl (C=O) groups is 1. The van der Waals surface area contributed by atoms with Crippen LogP contribution >= 0.6 is 11.8 Å². The number of aromatic nitrogens is 3. The number of carbonyl (C=O) groups excluding carboxylic acids is 1. The van der Waals surface area contributed by atoms with E-state index >= 15 is 0 Å². The third-order valence-corrected chi connectivity index (χ3v) is 5.42. The molecule has 2 aromatic carbocycles.